The Morgan fingerprint density at radius 1 is 1.27 bits per heavy atom. The number of carbonyl (C=O) groups is 1. The van der Waals surface area contributed by atoms with Crippen LogP contribution in [0.2, 0.25) is 0 Å². The highest BCUT2D eigenvalue weighted by atomic mass is 32.1. The molecule has 1 saturated heterocycles. The molecule has 1 amide bonds. The first-order valence-electron chi connectivity index (χ1n) is 10.7. The van der Waals surface area contributed by atoms with Crippen LogP contribution in [0.15, 0.2) is 17.5 Å². The maximum Gasteiger partial charge on any atom is 0.225 e. The Morgan fingerprint density at radius 3 is 2.80 bits per heavy atom. The molecular formula is C21H25N7OS. The van der Waals surface area contributed by atoms with Crippen LogP contribution in [0.25, 0.3) is 10.2 Å². The molecule has 0 bridgehead atoms. The third-order valence-electron chi connectivity index (χ3n) is 6.45. The maximum atomic E-state index is 12.2. The van der Waals surface area contributed by atoms with E-state index >= 15 is 0 Å². The third kappa shape index (κ3) is 3.12. The van der Waals surface area contributed by atoms with E-state index in [1.807, 2.05) is 30.2 Å². The molecule has 2 saturated carbocycles. The van der Waals surface area contributed by atoms with Gasteiger partial charge in [0.2, 0.25) is 11.9 Å². The second-order valence-corrected chi connectivity index (χ2v) is 9.95. The van der Waals surface area contributed by atoms with Crippen LogP contribution in [0.3, 0.4) is 0 Å². The number of aromatic amines is 1. The molecule has 9 heteroatoms. The van der Waals surface area contributed by atoms with Gasteiger partial charge in [-0.2, -0.15) is 10.1 Å². The van der Waals surface area contributed by atoms with Gasteiger partial charge in [0.25, 0.3) is 0 Å². The van der Waals surface area contributed by atoms with Crippen LogP contribution in [0, 0.1) is 17.8 Å². The molecule has 3 N–H and O–H groups in total. The first-order valence-corrected chi connectivity index (χ1v) is 11.6. The van der Waals surface area contributed by atoms with Crippen molar-refractivity contribution >= 4 is 45.0 Å². The minimum Gasteiger partial charge on any atom is -0.351 e. The second-order valence-electron chi connectivity index (χ2n) is 9.03. The molecule has 3 fully saturated rings. The number of aromatic nitrogens is 4. The fourth-order valence-corrected chi connectivity index (χ4v) is 5.34. The van der Waals surface area contributed by atoms with Crippen molar-refractivity contribution in [2.24, 2.45) is 17.8 Å². The van der Waals surface area contributed by atoms with Gasteiger partial charge in [0.05, 0.1) is 15.9 Å². The summed E-state index contributed by atoms with van der Waals surface area (Å²) in [6.45, 7) is 5.61. The first kappa shape index (κ1) is 18.1. The van der Waals surface area contributed by atoms with Crippen molar-refractivity contribution in [3.05, 3.63) is 23.2 Å². The molecule has 6 rings (SSSR count). The van der Waals surface area contributed by atoms with Gasteiger partial charge < -0.3 is 15.5 Å². The summed E-state index contributed by atoms with van der Waals surface area (Å²) in [6.07, 6.45) is 2.45. The maximum absolute atomic E-state index is 12.2. The predicted molar refractivity (Wildman–Crippen MR) is 117 cm³/mol. The smallest absolute Gasteiger partial charge is 0.225 e. The van der Waals surface area contributed by atoms with Gasteiger partial charge in [0.15, 0.2) is 5.82 Å². The quantitative estimate of drug-likeness (QED) is 0.561. The van der Waals surface area contributed by atoms with Crippen molar-refractivity contribution in [3.63, 3.8) is 0 Å². The number of hydrogen-bond donors (Lipinski definition) is 3. The molecular weight excluding hydrogens is 398 g/mol. The summed E-state index contributed by atoms with van der Waals surface area (Å²) in [6, 6.07) is 4.45. The lowest BCUT2D eigenvalue weighted by Crippen LogP contribution is -2.36. The fourth-order valence-electron chi connectivity index (χ4n) is 4.56. The van der Waals surface area contributed by atoms with Crippen LogP contribution in [-0.2, 0) is 4.79 Å². The summed E-state index contributed by atoms with van der Waals surface area (Å²) in [5.74, 6) is 4.24. The minimum absolute atomic E-state index is 0.0646. The van der Waals surface area contributed by atoms with E-state index in [-0.39, 0.29) is 11.8 Å². The number of likely N-dealkylation sites (tertiary alicyclic amines) is 1. The molecule has 0 radical (unpaired) electrons. The molecule has 2 aliphatic carbocycles. The van der Waals surface area contributed by atoms with Crippen LogP contribution in [-0.4, -0.2) is 50.1 Å². The molecule has 0 spiro atoms. The highest BCUT2D eigenvalue weighted by Crippen LogP contribution is 2.47. The summed E-state index contributed by atoms with van der Waals surface area (Å²) in [7, 11) is 0. The molecule has 30 heavy (non-hydrogen) atoms. The fraction of sp³-hybridized carbons (Fsp3) is 0.524. The molecule has 1 aliphatic heterocycles. The van der Waals surface area contributed by atoms with E-state index in [0.29, 0.717) is 29.7 Å². The largest absolute Gasteiger partial charge is 0.351 e. The lowest BCUT2D eigenvalue weighted by molar-refractivity contribution is -0.133. The van der Waals surface area contributed by atoms with Gasteiger partial charge in [-0.3, -0.25) is 9.89 Å². The Balaban J connectivity index is 1.18. The van der Waals surface area contributed by atoms with Crippen molar-refractivity contribution in [1.82, 2.24) is 25.1 Å². The van der Waals surface area contributed by atoms with Crippen LogP contribution in [0.1, 0.15) is 38.3 Å². The van der Waals surface area contributed by atoms with E-state index in [2.05, 4.69) is 26.9 Å². The van der Waals surface area contributed by atoms with Gasteiger partial charge in [0.1, 0.15) is 5.82 Å². The number of rotatable bonds is 6. The Morgan fingerprint density at radius 2 is 2.07 bits per heavy atom. The number of hydrogen-bond acceptors (Lipinski definition) is 7. The Hall–Kier alpha value is -2.68. The van der Waals surface area contributed by atoms with E-state index < -0.39 is 0 Å². The van der Waals surface area contributed by atoms with E-state index in [9.17, 15) is 4.79 Å². The van der Waals surface area contributed by atoms with E-state index in [0.717, 1.165) is 40.6 Å². The number of carbonyl (C=O) groups excluding carboxylic acids is 1. The van der Waals surface area contributed by atoms with Gasteiger partial charge in [-0.05, 0) is 24.3 Å². The zero-order valence-corrected chi connectivity index (χ0v) is 17.9. The van der Waals surface area contributed by atoms with Crippen LogP contribution >= 0.6 is 11.3 Å². The molecule has 0 aromatic carbocycles. The van der Waals surface area contributed by atoms with Crippen LogP contribution in [0.5, 0.6) is 0 Å². The molecule has 0 unspecified atom stereocenters. The monoisotopic (exact) mass is 423 g/mol. The standard InChI is InChI=1S/C21H25N7OS/c1-10(2)20(29)28-8-12-13(9-28)17(12)24-21-22-14-5-6-30-18(14)19(25-21)23-16-7-15(26-27-16)11-3-4-11/h5-7,10-13,17H,3-4,8-9H2,1-2H3,(H3,22,23,24,25,26,27)/t12-,13+,17+. The van der Waals surface area contributed by atoms with Crippen molar-refractivity contribution < 1.29 is 4.79 Å². The molecule has 4 heterocycles. The number of fused-ring (bicyclic) bond motifs is 2. The van der Waals surface area contributed by atoms with Gasteiger partial charge >= 0.3 is 0 Å². The number of H-pyrrole nitrogens is 1. The summed E-state index contributed by atoms with van der Waals surface area (Å²) in [5, 5.41) is 16.5. The number of thiophene rings is 1. The van der Waals surface area contributed by atoms with Gasteiger partial charge in [0, 0.05) is 48.9 Å². The van der Waals surface area contributed by atoms with E-state index in [1.54, 1.807) is 11.3 Å². The second kappa shape index (κ2) is 6.66. The van der Waals surface area contributed by atoms with Crippen molar-refractivity contribution in [3.8, 4) is 0 Å². The predicted octanol–water partition coefficient (Wildman–Crippen LogP) is 3.56. The van der Waals surface area contributed by atoms with Gasteiger partial charge in [-0.15, -0.1) is 11.3 Å². The summed E-state index contributed by atoms with van der Waals surface area (Å²) < 4.78 is 1.04. The lowest BCUT2D eigenvalue weighted by atomic mass is 10.2. The van der Waals surface area contributed by atoms with E-state index in [1.165, 1.54) is 12.8 Å². The topological polar surface area (TPSA) is 98.8 Å². The summed E-state index contributed by atoms with van der Waals surface area (Å²) in [5.41, 5.74) is 2.06. The van der Waals surface area contributed by atoms with Gasteiger partial charge in [-0.25, -0.2) is 4.98 Å². The number of nitrogens with one attached hydrogen (secondary N) is 3. The zero-order chi connectivity index (χ0) is 20.4. The number of nitrogens with zero attached hydrogens (tertiary/aromatic N) is 4. The van der Waals surface area contributed by atoms with Crippen molar-refractivity contribution in [1.29, 1.82) is 0 Å². The third-order valence-corrected chi connectivity index (χ3v) is 7.36. The molecule has 3 aromatic heterocycles. The van der Waals surface area contributed by atoms with E-state index in [4.69, 9.17) is 9.97 Å². The normalized spacial score (nSPS) is 25.0. The van der Waals surface area contributed by atoms with Crippen LogP contribution < -0.4 is 10.6 Å². The lowest BCUT2D eigenvalue weighted by Gasteiger charge is -2.22. The summed E-state index contributed by atoms with van der Waals surface area (Å²) in [4.78, 5) is 23.7. The average molecular weight is 424 g/mol. The highest BCUT2D eigenvalue weighted by Gasteiger charge is 2.57. The molecule has 3 aromatic rings. The molecule has 3 aliphatic rings. The summed E-state index contributed by atoms with van der Waals surface area (Å²) >= 11 is 1.63. The Kier molecular flexibility index (Phi) is 4.02. The Labute approximate surface area is 178 Å². The number of piperidine rings is 1. The minimum atomic E-state index is 0.0646. The molecule has 3 atom stereocenters. The SMILES string of the molecule is CC(C)C(=O)N1C[C@@H]2[C@H](C1)[C@H]2Nc1nc(Nc2cc(C3CC3)n[nH]2)c2sccc2n1. The Bertz CT molecular complexity index is 1110. The first-order chi connectivity index (χ1) is 14.6. The molecule has 156 valence electrons. The number of amides is 1. The van der Waals surface area contributed by atoms with Crippen molar-refractivity contribution in [2.45, 2.75) is 38.6 Å². The highest BCUT2D eigenvalue weighted by molar-refractivity contribution is 7.17. The average Bonchev–Trinajstić information content (AvgIpc) is 3.43. The van der Waals surface area contributed by atoms with Gasteiger partial charge in [-0.1, -0.05) is 13.8 Å². The van der Waals surface area contributed by atoms with Crippen LogP contribution in [0.4, 0.5) is 17.6 Å². The molecule has 8 nitrogen and oxygen atoms in total. The van der Waals surface area contributed by atoms with Crippen molar-refractivity contribution in [2.75, 3.05) is 23.7 Å². The number of anilines is 3. The zero-order valence-electron chi connectivity index (χ0n) is 17.1.